The van der Waals surface area contributed by atoms with Crippen LogP contribution >= 0.6 is 21.6 Å². The predicted octanol–water partition coefficient (Wildman–Crippen LogP) is 4.89. The third kappa shape index (κ3) is 14.7. The van der Waals surface area contributed by atoms with E-state index in [0.29, 0.717) is 6.61 Å². The molecule has 0 aliphatic carbocycles. The van der Waals surface area contributed by atoms with Gasteiger partial charge in [-0.3, -0.25) is 0 Å². The normalized spacial score (nSPS) is 10.9. The van der Waals surface area contributed by atoms with Crippen LogP contribution in [0.4, 0.5) is 0 Å². The van der Waals surface area contributed by atoms with Crippen LogP contribution in [0.15, 0.2) is 0 Å². The molecule has 0 aliphatic rings. The molecule has 0 atom stereocenters. The summed E-state index contributed by atoms with van der Waals surface area (Å²) < 4.78 is 0. The molecule has 0 amide bonds. The number of rotatable bonds is 13. The molecular weight excluding hydrogens is 236 g/mol. The first kappa shape index (κ1) is 16.7. The third-order valence-electron chi connectivity index (χ3n) is 2.55. The molecule has 0 radical (unpaired) electrons. The zero-order valence-electron chi connectivity index (χ0n) is 10.7. The summed E-state index contributed by atoms with van der Waals surface area (Å²) in [6.07, 6.45) is 12.2. The van der Waals surface area contributed by atoms with Crippen LogP contribution in [0.25, 0.3) is 0 Å². The molecule has 98 valence electrons. The van der Waals surface area contributed by atoms with Gasteiger partial charge in [-0.15, -0.1) is 0 Å². The zero-order chi connectivity index (χ0) is 11.9. The van der Waals surface area contributed by atoms with Crippen molar-refractivity contribution in [2.45, 2.75) is 64.7 Å². The molecule has 0 bridgehead atoms. The van der Waals surface area contributed by atoms with Gasteiger partial charge in [0.2, 0.25) is 0 Å². The monoisotopic (exact) mass is 264 g/mol. The summed E-state index contributed by atoms with van der Waals surface area (Å²) in [6, 6.07) is 0. The van der Waals surface area contributed by atoms with E-state index in [2.05, 4.69) is 6.92 Å². The minimum Gasteiger partial charge on any atom is -0.396 e. The molecule has 3 heteroatoms. The predicted molar refractivity (Wildman–Crippen MR) is 79.2 cm³/mol. The van der Waals surface area contributed by atoms with Crippen molar-refractivity contribution in [2.75, 3.05) is 18.1 Å². The maximum absolute atomic E-state index is 8.61. The Kier molecular flexibility index (Phi) is 16.3. The van der Waals surface area contributed by atoms with E-state index in [9.17, 15) is 0 Å². The van der Waals surface area contributed by atoms with E-state index in [-0.39, 0.29) is 0 Å². The number of hydrogen-bond donors (Lipinski definition) is 1. The number of unbranched alkanes of at least 4 members (excludes halogenated alkanes) is 7. The fraction of sp³-hybridized carbons (Fsp3) is 1.00. The van der Waals surface area contributed by atoms with Gasteiger partial charge in [0.05, 0.1) is 0 Å². The molecule has 0 spiro atoms. The average molecular weight is 264 g/mol. The van der Waals surface area contributed by atoms with Crippen molar-refractivity contribution in [2.24, 2.45) is 0 Å². The summed E-state index contributed by atoms with van der Waals surface area (Å²) in [5.41, 5.74) is 0. The van der Waals surface area contributed by atoms with E-state index < -0.39 is 0 Å². The summed E-state index contributed by atoms with van der Waals surface area (Å²) in [4.78, 5) is 0. The molecule has 0 heterocycles. The van der Waals surface area contributed by atoms with Gasteiger partial charge < -0.3 is 5.11 Å². The van der Waals surface area contributed by atoms with Crippen LogP contribution in [0.3, 0.4) is 0 Å². The molecule has 0 aromatic heterocycles. The van der Waals surface area contributed by atoms with E-state index >= 15 is 0 Å². The lowest BCUT2D eigenvalue weighted by atomic mass is 10.1. The molecule has 0 rings (SSSR count). The first-order chi connectivity index (χ1) is 7.91. The number of hydrogen-bond acceptors (Lipinski definition) is 3. The minimum absolute atomic E-state index is 0.339. The van der Waals surface area contributed by atoms with Gasteiger partial charge in [0.25, 0.3) is 0 Å². The van der Waals surface area contributed by atoms with Crippen molar-refractivity contribution in [1.29, 1.82) is 0 Å². The molecule has 1 nitrogen and oxygen atoms in total. The first-order valence-electron chi connectivity index (χ1n) is 6.77. The molecule has 16 heavy (non-hydrogen) atoms. The van der Waals surface area contributed by atoms with E-state index in [1.54, 1.807) is 0 Å². The summed E-state index contributed by atoms with van der Waals surface area (Å²) in [5.74, 6) is 2.38. The highest BCUT2D eigenvalue weighted by atomic mass is 33.1. The Labute approximate surface area is 110 Å². The van der Waals surface area contributed by atoms with E-state index in [1.165, 1.54) is 57.1 Å². The first-order valence-corrected chi connectivity index (χ1v) is 9.26. The SMILES string of the molecule is CCCCCCCCCCSSCCCO. The Morgan fingerprint density at radius 2 is 1.19 bits per heavy atom. The van der Waals surface area contributed by atoms with Crippen molar-refractivity contribution < 1.29 is 5.11 Å². The van der Waals surface area contributed by atoms with Gasteiger partial charge in [-0.25, -0.2) is 0 Å². The van der Waals surface area contributed by atoms with Gasteiger partial charge in [-0.1, -0.05) is 73.5 Å². The van der Waals surface area contributed by atoms with Crippen molar-refractivity contribution in [3.63, 3.8) is 0 Å². The van der Waals surface area contributed by atoms with Crippen LogP contribution in [0, 0.1) is 0 Å². The largest absolute Gasteiger partial charge is 0.396 e. The van der Waals surface area contributed by atoms with Crippen LogP contribution in [-0.4, -0.2) is 23.2 Å². The number of aliphatic hydroxyl groups excluding tert-OH is 1. The molecule has 0 saturated heterocycles. The second-order valence-corrected chi connectivity index (χ2v) is 6.90. The summed E-state index contributed by atoms with van der Waals surface area (Å²) >= 11 is 0. The Morgan fingerprint density at radius 3 is 1.75 bits per heavy atom. The van der Waals surface area contributed by atoms with Crippen LogP contribution in [0.5, 0.6) is 0 Å². The van der Waals surface area contributed by atoms with Crippen LogP contribution in [0.1, 0.15) is 64.7 Å². The quantitative estimate of drug-likeness (QED) is 0.378. The Morgan fingerprint density at radius 1 is 0.688 bits per heavy atom. The molecule has 0 saturated carbocycles. The van der Waals surface area contributed by atoms with Crippen molar-refractivity contribution in [3.05, 3.63) is 0 Å². The summed E-state index contributed by atoms with van der Waals surface area (Å²) in [6.45, 7) is 2.61. The number of aliphatic hydroxyl groups is 1. The summed E-state index contributed by atoms with van der Waals surface area (Å²) in [5, 5.41) is 8.61. The standard InChI is InChI=1S/C13H28OS2/c1-2-3-4-5-6-7-8-9-12-15-16-13-10-11-14/h14H,2-13H2,1H3. The molecule has 1 N–H and O–H groups in total. The highest BCUT2D eigenvalue weighted by Crippen LogP contribution is 2.23. The zero-order valence-corrected chi connectivity index (χ0v) is 12.4. The third-order valence-corrected chi connectivity index (χ3v) is 5.13. The van der Waals surface area contributed by atoms with E-state index in [1.807, 2.05) is 21.6 Å². The average Bonchev–Trinajstić information content (AvgIpc) is 2.31. The Bertz CT molecular complexity index is 107. The van der Waals surface area contributed by atoms with E-state index in [0.717, 1.165) is 12.2 Å². The lowest BCUT2D eigenvalue weighted by Crippen LogP contribution is -1.85. The molecule has 0 fully saturated rings. The molecular formula is C13H28OS2. The van der Waals surface area contributed by atoms with Crippen molar-refractivity contribution in [1.82, 2.24) is 0 Å². The van der Waals surface area contributed by atoms with Gasteiger partial charge in [0.1, 0.15) is 0 Å². The van der Waals surface area contributed by atoms with Gasteiger partial charge >= 0.3 is 0 Å². The Balaban J connectivity index is 2.83. The maximum atomic E-state index is 8.61. The summed E-state index contributed by atoms with van der Waals surface area (Å²) in [7, 11) is 3.88. The molecule has 0 unspecified atom stereocenters. The van der Waals surface area contributed by atoms with Crippen LogP contribution in [-0.2, 0) is 0 Å². The van der Waals surface area contributed by atoms with Gasteiger partial charge in [0.15, 0.2) is 0 Å². The van der Waals surface area contributed by atoms with Crippen LogP contribution in [0.2, 0.25) is 0 Å². The Hall–Kier alpha value is 0.660. The van der Waals surface area contributed by atoms with Gasteiger partial charge in [0, 0.05) is 18.1 Å². The minimum atomic E-state index is 0.339. The highest BCUT2D eigenvalue weighted by Gasteiger charge is 1.93. The molecule has 0 aromatic carbocycles. The smallest absolute Gasteiger partial charge is 0.0439 e. The fourth-order valence-electron chi connectivity index (χ4n) is 1.54. The lowest BCUT2D eigenvalue weighted by molar-refractivity contribution is 0.296. The van der Waals surface area contributed by atoms with Crippen molar-refractivity contribution >= 4 is 21.6 Å². The van der Waals surface area contributed by atoms with E-state index in [4.69, 9.17) is 5.11 Å². The topological polar surface area (TPSA) is 20.2 Å². The lowest BCUT2D eigenvalue weighted by Gasteiger charge is -2.01. The fourth-order valence-corrected chi connectivity index (χ4v) is 3.76. The van der Waals surface area contributed by atoms with Gasteiger partial charge in [-0.2, -0.15) is 0 Å². The van der Waals surface area contributed by atoms with Gasteiger partial charge in [-0.05, 0) is 12.8 Å². The second-order valence-electron chi connectivity index (χ2n) is 4.20. The maximum Gasteiger partial charge on any atom is 0.0439 e. The molecule has 0 aliphatic heterocycles. The van der Waals surface area contributed by atoms with Crippen LogP contribution < -0.4 is 0 Å². The second kappa shape index (κ2) is 15.7. The highest BCUT2D eigenvalue weighted by molar-refractivity contribution is 8.76. The molecule has 0 aromatic rings. The van der Waals surface area contributed by atoms with Crippen molar-refractivity contribution in [3.8, 4) is 0 Å².